The van der Waals surface area contributed by atoms with Crippen molar-refractivity contribution in [2.45, 2.75) is 33.9 Å². The number of anilines is 3. The summed E-state index contributed by atoms with van der Waals surface area (Å²) in [5.74, 6) is 0. The van der Waals surface area contributed by atoms with Crippen molar-refractivity contribution in [3.8, 4) is 0 Å². The third-order valence-electron chi connectivity index (χ3n) is 4.76. The van der Waals surface area contributed by atoms with E-state index in [9.17, 15) is 0 Å². The van der Waals surface area contributed by atoms with E-state index in [1.54, 1.807) is 0 Å². The minimum absolute atomic E-state index is 0.125. The third-order valence-corrected chi connectivity index (χ3v) is 4.76. The zero-order valence-electron chi connectivity index (χ0n) is 14.7. The number of benzene rings is 2. The molecule has 1 aliphatic heterocycles. The SMILES string of the molecule is [C-]#[N+]c1cc2c(cc1[N+]#[C-])N(c1c(C)cc(C)cc1C)[C@@H](C)N2C. The molecule has 0 bridgehead atoms. The van der Waals surface area contributed by atoms with Crippen molar-refractivity contribution >= 4 is 28.4 Å². The normalized spacial score (nSPS) is 15.9. The molecule has 0 saturated carbocycles. The second kappa shape index (κ2) is 5.58. The molecule has 0 saturated heterocycles. The quantitative estimate of drug-likeness (QED) is 0.632. The molecule has 24 heavy (non-hydrogen) atoms. The average Bonchev–Trinajstić information content (AvgIpc) is 2.77. The van der Waals surface area contributed by atoms with E-state index >= 15 is 0 Å². The smallest absolute Gasteiger partial charge is 0.196 e. The van der Waals surface area contributed by atoms with Crippen LogP contribution in [0.3, 0.4) is 0 Å². The molecule has 0 radical (unpaired) electrons. The lowest BCUT2D eigenvalue weighted by Crippen LogP contribution is -2.36. The van der Waals surface area contributed by atoms with Crippen LogP contribution in [0.5, 0.6) is 0 Å². The van der Waals surface area contributed by atoms with Crippen molar-refractivity contribution < 1.29 is 0 Å². The number of nitrogens with zero attached hydrogens (tertiary/aromatic N) is 4. The van der Waals surface area contributed by atoms with Crippen molar-refractivity contribution in [2.75, 3.05) is 16.8 Å². The van der Waals surface area contributed by atoms with E-state index in [0.717, 1.165) is 11.4 Å². The molecule has 1 atom stereocenters. The minimum atomic E-state index is 0.125. The highest BCUT2D eigenvalue weighted by Gasteiger charge is 2.33. The molecular formula is C20H20N4. The van der Waals surface area contributed by atoms with Crippen LogP contribution in [-0.2, 0) is 0 Å². The Kier molecular flexibility index (Phi) is 3.70. The van der Waals surface area contributed by atoms with Crippen LogP contribution in [0, 0.1) is 33.9 Å². The van der Waals surface area contributed by atoms with E-state index < -0.39 is 0 Å². The van der Waals surface area contributed by atoms with Crippen LogP contribution in [0.1, 0.15) is 23.6 Å². The molecule has 0 N–H and O–H groups in total. The highest BCUT2D eigenvalue weighted by Crippen LogP contribution is 2.49. The number of rotatable bonds is 1. The maximum absolute atomic E-state index is 7.38. The van der Waals surface area contributed by atoms with Gasteiger partial charge in [0.2, 0.25) is 0 Å². The van der Waals surface area contributed by atoms with E-state index in [2.05, 4.69) is 59.3 Å². The van der Waals surface area contributed by atoms with Crippen molar-refractivity contribution in [3.05, 3.63) is 63.8 Å². The van der Waals surface area contributed by atoms with Gasteiger partial charge in [-0.15, -0.1) is 0 Å². The molecule has 4 nitrogen and oxygen atoms in total. The van der Waals surface area contributed by atoms with E-state index in [1.807, 2.05) is 19.2 Å². The van der Waals surface area contributed by atoms with Crippen LogP contribution < -0.4 is 9.80 Å². The van der Waals surface area contributed by atoms with Gasteiger partial charge in [0.25, 0.3) is 0 Å². The van der Waals surface area contributed by atoms with Crippen molar-refractivity contribution in [3.63, 3.8) is 0 Å². The molecule has 2 aromatic carbocycles. The lowest BCUT2D eigenvalue weighted by molar-refractivity contribution is 0.731. The van der Waals surface area contributed by atoms with Gasteiger partial charge >= 0.3 is 0 Å². The van der Waals surface area contributed by atoms with E-state index in [4.69, 9.17) is 13.1 Å². The number of hydrogen-bond donors (Lipinski definition) is 0. The zero-order valence-corrected chi connectivity index (χ0v) is 14.7. The molecule has 2 aromatic rings. The maximum atomic E-state index is 7.38. The second-order valence-electron chi connectivity index (χ2n) is 6.41. The predicted molar refractivity (Wildman–Crippen MR) is 99.6 cm³/mol. The molecule has 1 aliphatic rings. The number of hydrogen-bond acceptors (Lipinski definition) is 2. The van der Waals surface area contributed by atoms with Crippen LogP contribution in [0.15, 0.2) is 24.3 Å². The molecule has 0 aromatic heterocycles. The molecule has 1 heterocycles. The number of aryl methyl sites for hydroxylation is 3. The van der Waals surface area contributed by atoms with Gasteiger partial charge in [0.15, 0.2) is 11.4 Å². The van der Waals surface area contributed by atoms with Gasteiger partial charge in [-0.2, -0.15) is 0 Å². The summed E-state index contributed by atoms with van der Waals surface area (Å²) in [5, 5.41) is 0. The van der Waals surface area contributed by atoms with Crippen molar-refractivity contribution in [1.29, 1.82) is 0 Å². The second-order valence-corrected chi connectivity index (χ2v) is 6.41. The first-order chi connectivity index (χ1) is 11.4. The molecule has 0 fully saturated rings. The zero-order chi connectivity index (χ0) is 17.6. The molecule has 120 valence electrons. The van der Waals surface area contributed by atoms with Gasteiger partial charge in [0, 0.05) is 18.4 Å². The third kappa shape index (κ3) is 2.20. The molecular weight excluding hydrogens is 296 g/mol. The largest absolute Gasteiger partial charge is 0.354 e. The first-order valence-electron chi connectivity index (χ1n) is 7.92. The summed E-state index contributed by atoms with van der Waals surface area (Å²) in [7, 11) is 2.04. The van der Waals surface area contributed by atoms with Gasteiger partial charge in [-0.3, -0.25) is 9.69 Å². The van der Waals surface area contributed by atoms with E-state index in [1.165, 1.54) is 22.4 Å². The van der Waals surface area contributed by atoms with Crippen LogP contribution >= 0.6 is 0 Å². The Bertz CT molecular complexity index is 891. The molecule has 0 aliphatic carbocycles. The first-order valence-corrected chi connectivity index (χ1v) is 7.92. The summed E-state index contributed by atoms with van der Waals surface area (Å²) in [6.07, 6.45) is 0.125. The Morgan fingerprint density at radius 3 is 1.88 bits per heavy atom. The Morgan fingerprint density at radius 2 is 1.38 bits per heavy atom. The van der Waals surface area contributed by atoms with E-state index in [-0.39, 0.29) is 6.17 Å². The summed E-state index contributed by atoms with van der Waals surface area (Å²) in [4.78, 5) is 11.5. The average molecular weight is 316 g/mol. The van der Waals surface area contributed by atoms with E-state index in [0.29, 0.717) is 11.4 Å². The monoisotopic (exact) mass is 316 g/mol. The lowest BCUT2D eigenvalue weighted by Gasteiger charge is -2.30. The van der Waals surface area contributed by atoms with Crippen LogP contribution in [0.25, 0.3) is 9.69 Å². The van der Waals surface area contributed by atoms with Gasteiger partial charge in [-0.1, -0.05) is 17.7 Å². The standard InChI is InChI=1S/C20H20N4/c1-12-8-13(2)20(14(3)9-12)24-15(4)23(7)18-10-16(21-5)17(22-6)11-19(18)24/h8-11,15H,1-4,7H3/t15-/m0/s1. The summed E-state index contributed by atoms with van der Waals surface area (Å²) in [6, 6.07) is 8.08. The predicted octanol–water partition coefficient (Wildman–Crippen LogP) is 5.65. The molecule has 0 amide bonds. The maximum Gasteiger partial charge on any atom is 0.196 e. The summed E-state index contributed by atoms with van der Waals surface area (Å²) in [6.45, 7) is 23.2. The topological polar surface area (TPSA) is 15.2 Å². The summed E-state index contributed by atoms with van der Waals surface area (Å²) < 4.78 is 0. The van der Waals surface area contributed by atoms with Gasteiger partial charge in [0.05, 0.1) is 18.8 Å². The molecule has 0 unspecified atom stereocenters. The minimum Gasteiger partial charge on any atom is -0.354 e. The first kappa shape index (κ1) is 15.9. The Morgan fingerprint density at radius 1 is 0.875 bits per heavy atom. The summed E-state index contributed by atoms with van der Waals surface area (Å²) >= 11 is 0. The molecule has 3 rings (SSSR count). The van der Waals surface area contributed by atoms with Gasteiger partial charge in [0.1, 0.15) is 6.17 Å². The van der Waals surface area contributed by atoms with Crippen LogP contribution in [0.2, 0.25) is 0 Å². The van der Waals surface area contributed by atoms with Gasteiger partial charge in [-0.05, 0) is 51.0 Å². The highest BCUT2D eigenvalue weighted by atomic mass is 15.4. The fourth-order valence-electron chi connectivity index (χ4n) is 3.64. The number of fused-ring (bicyclic) bond motifs is 1. The Balaban J connectivity index is 2.28. The summed E-state index contributed by atoms with van der Waals surface area (Å²) in [5.41, 5.74) is 7.71. The highest BCUT2D eigenvalue weighted by molar-refractivity contribution is 5.92. The van der Waals surface area contributed by atoms with Crippen molar-refractivity contribution in [1.82, 2.24) is 0 Å². The van der Waals surface area contributed by atoms with Gasteiger partial charge < -0.3 is 9.80 Å². The Labute approximate surface area is 143 Å². The van der Waals surface area contributed by atoms with Crippen LogP contribution in [0.4, 0.5) is 28.4 Å². The lowest BCUT2D eigenvalue weighted by atomic mass is 10.0. The molecule has 4 heteroatoms. The molecule has 0 spiro atoms. The fourth-order valence-corrected chi connectivity index (χ4v) is 3.64. The fraction of sp³-hybridized carbons (Fsp3) is 0.300. The van der Waals surface area contributed by atoms with Crippen molar-refractivity contribution in [2.24, 2.45) is 0 Å². The van der Waals surface area contributed by atoms with Gasteiger partial charge in [-0.25, -0.2) is 0 Å². The van der Waals surface area contributed by atoms with Crippen LogP contribution in [-0.4, -0.2) is 13.2 Å². The Hall–Kier alpha value is -2.98.